The highest BCUT2D eigenvalue weighted by molar-refractivity contribution is 6.31. The number of nitrogens with zero attached hydrogens (tertiary/aromatic N) is 3. The predicted molar refractivity (Wildman–Crippen MR) is 150 cm³/mol. The van der Waals surface area contributed by atoms with Gasteiger partial charge in [0.25, 0.3) is 0 Å². The van der Waals surface area contributed by atoms with Crippen LogP contribution in [-0.2, 0) is 5.41 Å². The average molecular weight is 492 g/mol. The molecule has 0 saturated heterocycles. The highest BCUT2D eigenvalue weighted by Crippen LogP contribution is 2.45. The molecule has 1 heterocycles. The molecule has 0 aliphatic rings. The Hall–Kier alpha value is -3.89. The maximum atomic E-state index is 6.23. The summed E-state index contributed by atoms with van der Waals surface area (Å²) in [5.41, 5.74) is 5.54. The predicted octanol–water partition coefficient (Wildman–Crippen LogP) is 8.35. The van der Waals surface area contributed by atoms with Gasteiger partial charge in [-0.15, -0.1) is 15.0 Å². The molecule has 5 aromatic carbocycles. The van der Waals surface area contributed by atoms with Crippen LogP contribution in [0.1, 0.15) is 26.3 Å². The van der Waals surface area contributed by atoms with Crippen LogP contribution in [0.15, 0.2) is 84.9 Å². The van der Waals surface area contributed by atoms with Crippen molar-refractivity contribution in [2.24, 2.45) is 0 Å². The molecule has 1 aromatic heterocycles. The van der Waals surface area contributed by atoms with E-state index < -0.39 is 0 Å². The average Bonchev–Trinajstić information content (AvgIpc) is 3.29. The molecule has 0 saturated carbocycles. The van der Waals surface area contributed by atoms with Crippen molar-refractivity contribution in [3.63, 3.8) is 0 Å². The normalized spacial score (nSPS) is 12.0. The van der Waals surface area contributed by atoms with Gasteiger partial charge in [0.05, 0.1) is 7.11 Å². The van der Waals surface area contributed by atoms with Crippen LogP contribution in [0.4, 0.5) is 0 Å². The van der Waals surface area contributed by atoms with Crippen LogP contribution in [0.5, 0.6) is 5.75 Å². The lowest BCUT2D eigenvalue weighted by Gasteiger charge is -2.24. The maximum Gasteiger partial charge on any atom is 0.154 e. The van der Waals surface area contributed by atoms with Crippen LogP contribution >= 0.6 is 11.6 Å². The number of aromatic nitrogens is 3. The highest BCUT2D eigenvalue weighted by atomic mass is 35.5. The number of rotatable bonds is 3. The topological polar surface area (TPSA) is 39.9 Å². The zero-order chi connectivity index (χ0) is 25.0. The Balaban J connectivity index is 1.75. The van der Waals surface area contributed by atoms with Crippen molar-refractivity contribution in [2.75, 3.05) is 7.11 Å². The number of ether oxygens (including phenoxy) is 1. The lowest BCUT2D eigenvalue weighted by atomic mass is 9.83. The molecule has 0 atom stereocenters. The first kappa shape index (κ1) is 22.6. The first-order valence-electron chi connectivity index (χ1n) is 12.0. The summed E-state index contributed by atoms with van der Waals surface area (Å²) in [6.45, 7) is 6.66. The quantitative estimate of drug-likeness (QED) is 0.233. The molecule has 6 rings (SSSR count). The van der Waals surface area contributed by atoms with E-state index in [0.717, 1.165) is 33.6 Å². The van der Waals surface area contributed by atoms with Crippen LogP contribution in [0.2, 0.25) is 5.02 Å². The van der Waals surface area contributed by atoms with E-state index in [2.05, 4.69) is 87.5 Å². The van der Waals surface area contributed by atoms with E-state index in [-0.39, 0.29) is 5.41 Å². The fourth-order valence-electron chi connectivity index (χ4n) is 4.89. The molecule has 36 heavy (non-hydrogen) atoms. The Morgan fingerprint density at radius 1 is 0.750 bits per heavy atom. The van der Waals surface area contributed by atoms with Gasteiger partial charge in [-0.3, -0.25) is 0 Å². The van der Waals surface area contributed by atoms with Crippen molar-refractivity contribution in [3.8, 4) is 22.6 Å². The van der Waals surface area contributed by atoms with E-state index in [4.69, 9.17) is 26.5 Å². The van der Waals surface area contributed by atoms with Gasteiger partial charge < -0.3 is 4.74 Å². The molecule has 0 unspecified atom stereocenters. The molecular weight excluding hydrogens is 466 g/mol. The van der Waals surface area contributed by atoms with E-state index in [1.807, 2.05) is 18.2 Å². The van der Waals surface area contributed by atoms with Crippen LogP contribution in [0.3, 0.4) is 0 Å². The minimum Gasteiger partial charge on any atom is -0.494 e. The highest BCUT2D eigenvalue weighted by Gasteiger charge is 2.24. The Bertz CT molecular complexity index is 1730. The molecule has 4 nitrogen and oxygen atoms in total. The smallest absolute Gasteiger partial charge is 0.154 e. The van der Waals surface area contributed by atoms with Gasteiger partial charge in [-0.25, -0.2) is 0 Å². The van der Waals surface area contributed by atoms with Crippen molar-refractivity contribution in [2.45, 2.75) is 26.2 Å². The van der Waals surface area contributed by atoms with Gasteiger partial charge in [-0.05, 0) is 68.9 Å². The first-order chi connectivity index (χ1) is 17.3. The molecule has 0 radical (unpaired) electrons. The van der Waals surface area contributed by atoms with E-state index in [0.29, 0.717) is 5.02 Å². The van der Waals surface area contributed by atoms with E-state index in [1.165, 1.54) is 27.1 Å². The van der Waals surface area contributed by atoms with Gasteiger partial charge in [0.2, 0.25) is 0 Å². The summed E-state index contributed by atoms with van der Waals surface area (Å²) >= 11 is 6.23. The number of fused-ring (bicyclic) bond motifs is 3. The maximum absolute atomic E-state index is 6.23. The van der Waals surface area contributed by atoms with Crippen LogP contribution in [0, 0.1) is 0 Å². The second kappa shape index (κ2) is 8.35. The lowest BCUT2D eigenvalue weighted by molar-refractivity contribution is 0.411. The molecule has 0 spiro atoms. The summed E-state index contributed by atoms with van der Waals surface area (Å²) in [5, 5.41) is 14.9. The van der Waals surface area contributed by atoms with Crippen LogP contribution in [-0.4, -0.2) is 22.1 Å². The Morgan fingerprint density at radius 3 is 2.03 bits per heavy atom. The summed E-state index contributed by atoms with van der Waals surface area (Å²) in [5.74, 6) is 0.732. The summed E-state index contributed by atoms with van der Waals surface area (Å²) in [7, 11) is 1.71. The van der Waals surface area contributed by atoms with Gasteiger partial charge in [0, 0.05) is 16.1 Å². The molecule has 6 aromatic rings. The number of hydrogen-bond donors (Lipinski definition) is 0. The lowest BCUT2D eigenvalue weighted by Crippen LogP contribution is -2.14. The van der Waals surface area contributed by atoms with Crippen LogP contribution < -0.4 is 4.74 Å². The van der Waals surface area contributed by atoms with Gasteiger partial charge in [0.1, 0.15) is 16.7 Å². The minimum atomic E-state index is -0.105. The second-order valence-electron chi connectivity index (χ2n) is 10.1. The third-order valence-corrected chi connectivity index (χ3v) is 6.97. The van der Waals surface area contributed by atoms with Crippen molar-refractivity contribution < 1.29 is 4.74 Å². The van der Waals surface area contributed by atoms with E-state index >= 15 is 0 Å². The molecule has 5 heteroatoms. The Labute approximate surface area is 215 Å². The minimum absolute atomic E-state index is 0.105. The van der Waals surface area contributed by atoms with Crippen molar-refractivity contribution in [1.29, 1.82) is 0 Å². The third-order valence-electron chi connectivity index (χ3n) is 6.74. The Kier molecular flexibility index (Phi) is 5.24. The number of halogens is 1. The number of methoxy groups -OCH3 is 1. The van der Waals surface area contributed by atoms with E-state index in [9.17, 15) is 0 Å². The van der Waals surface area contributed by atoms with Gasteiger partial charge in [-0.1, -0.05) is 80.9 Å². The van der Waals surface area contributed by atoms with Gasteiger partial charge >= 0.3 is 0 Å². The fourth-order valence-corrected chi connectivity index (χ4v) is 5.06. The van der Waals surface area contributed by atoms with Crippen molar-refractivity contribution >= 4 is 44.2 Å². The standard InChI is InChI=1S/C31H26ClN3O/c1-31(2,3)21-16-25(29-23-11-7-5-9-19(23)15-20-10-6-8-12-24(20)29)30(36-4)28(17-21)35-33-26-14-13-22(32)18-27(26)34-35/h5-18H,1-4H3. The van der Waals surface area contributed by atoms with Crippen molar-refractivity contribution in [3.05, 3.63) is 95.5 Å². The zero-order valence-electron chi connectivity index (χ0n) is 20.7. The summed E-state index contributed by atoms with van der Waals surface area (Å²) < 4.78 is 6.14. The monoisotopic (exact) mass is 491 g/mol. The Morgan fingerprint density at radius 2 is 1.39 bits per heavy atom. The number of hydrogen-bond acceptors (Lipinski definition) is 3. The summed E-state index contributed by atoms with van der Waals surface area (Å²) in [4.78, 5) is 1.67. The first-order valence-corrected chi connectivity index (χ1v) is 12.4. The second-order valence-corrected chi connectivity index (χ2v) is 10.6. The molecule has 0 aliphatic carbocycles. The fraction of sp³-hybridized carbons (Fsp3) is 0.161. The van der Waals surface area contributed by atoms with E-state index in [1.54, 1.807) is 11.9 Å². The van der Waals surface area contributed by atoms with Gasteiger partial charge in [0.15, 0.2) is 5.75 Å². The van der Waals surface area contributed by atoms with Crippen molar-refractivity contribution in [1.82, 2.24) is 15.0 Å². The van der Waals surface area contributed by atoms with Gasteiger partial charge in [-0.2, -0.15) is 0 Å². The molecule has 178 valence electrons. The van der Waals surface area contributed by atoms with Crippen LogP contribution in [0.25, 0.3) is 49.4 Å². The summed E-state index contributed by atoms with van der Waals surface area (Å²) in [6, 6.07) is 29.2. The molecule has 0 N–H and O–H groups in total. The molecule has 0 fully saturated rings. The molecule has 0 aliphatic heterocycles. The molecule has 0 amide bonds. The SMILES string of the molecule is COc1c(-c2c3ccccc3cc3ccccc23)cc(C(C)(C)C)cc1-n1nc2ccc(Cl)cc2n1. The number of benzene rings is 5. The largest absolute Gasteiger partial charge is 0.494 e. The third kappa shape index (κ3) is 3.69. The summed E-state index contributed by atoms with van der Waals surface area (Å²) in [6.07, 6.45) is 0. The molecular formula is C31H26ClN3O. The zero-order valence-corrected chi connectivity index (χ0v) is 21.5. The molecule has 0 bridgehead atoms.